The van der Waals surface area contributed by atoms with Crippen molar-refractivity contribution < 1.29 is 17.9 Å². The molecule has 5 nitrogen and oxygen atoms in total. The number of hydrogen-bond acceptors (Lipinski definition) is 5. The van der Waals surface area contributed by atoms with Crippen LogP contribution < -0.4 is 0 Å². The molecule has 0 aliphatic carbocycles. The first kappa shape index (κ1) is 11.9. The Kier molecular flexibility index (Phi) is 2.93. The molecule has 0 aromatic heterocycles. The molecule has 0 aromatic rings. The van der Waals surface area contributed by atoms with Gasteiger partial charge in [0, 0.05) is 32.0 Å². The van der Waals surface area contributed by atoms with Crippen molar-refractivity contribution in [2.24, 2.45) is 0 Å². The lowest BCUT2D eigenvalue weighted by Gasteiger charge is -2.39. The summed E-state index contributed by atoms with van der Waals surface area (Å²) in [6.07, 6.45) is 2.52. The van der Waals surface area contributed by atoms with E-state index in [9.17, 15) is 8.42 Å². The van der Waals surface area contributed by atoms with Crippen molar-refractivity contribution >= 4 is 9.84 Å². The van der Waals surface area contributed by atoms with E-state index >= 15 is 0 Å². The first-order chi connectivity index (χ1) is 8.09. The molecule has 3 heterocycles. The number of ether oxygens (including phenoxy) is 2. The van der Waals surface area contributed by atoms with Gasteiger partial charge in [0.05, 0.1) is 24.7 Å². The second-order valence-electron chi connectivity index (χ2n) is 5.20. The predicted octanol–water partition coefficient (Wildman–Crippen LogP) is 0.0124. The third kappa shape index (κ3) is 2.36. The largest absolute Gasteiger partial charge is 0.347 e. The van der Waals surface area contributed by atoms with E-state index in [1.54, 1.807) is 0 Å². The highest BCUT2D eigenvalue weighted by Crippen LogP contribution is 2.33. The van der Waals surface area contributed by atoms with Gasteiger partial charge in [-0.05, 0) is 6.42 Å². The molecular weight excluding hydrogens is 242 g/mol. The van der Waals surface area contributed by atoms with Gasteiger partial charge in [0.2, 0.25) is 0 Å². The molecule has 3 aliphatic rings. The number of nitrogens with zero attached hydrogens (tertiary/aromatic N) is 1. The van der Waals surface area contributed by atoms with Crippen molar-refractivity contribution in [1.82, 2.24) is 4.90 Å². The van der Waals surface area contributed by atoms with Gasteiger partial charge in [0.15, 0.2) is 15.6 Å². The molecule has 3 saturated heterocycles. The average Bonchev–Trinajstić information content (AvgIpc) is 2.88. The highest BCUT2D eigenvalue weighted by molar-refractivity contribution is 7.91. The van der Waals surface area contributed by atoms with Crippen LogP contribution in [0.15, 0.2) is 0 Å². The van der Waals surface area contributed by atoms with Crippen molar-refractivity contribution in [3.05, 3.63) is 0 Å². The normalized spacial score (nSPS) is 36.6. The second kappa shape index (κ2) is 4.19. The molecule has 0 aromatic carbocycles. The fourth-order valence-corrected chi connectivity index (χ4v) is 4.84. The van der Waals surface area contributed by atoms with Crippen LogP contribution >= 0.6 is 0 Å². The fraction of sp³-hybridized carbons (Fsp3) is 1.00. The zero-order valence-corrected chi connectivity index (χ0v) is 10.7. The lowest BCUT2D eigenvalue weighted by atomic mass is 10.0. The Labute approximate surface area is 102 Å². The molecule has 98 valence electrons. The SMILES string of the molecule is O=S1(=O)CCC(N2CCC3(CC2)OCCO3)C1. The highest BCUT2D eigenvalue weighted by atomic mass is 32.2. The number of likely N-dealkylation sites (tertiary alicyclic amines) is 1. The predicted molar refractivity (Wildman–Crippen MR) is 62.5 cm³/mol. The summed E-state index contributed by atoms with van der Waals surface area (Å²) in [5, 5.41) is 0. The van der Waals surface area contributed by atoms with Crippen LogP contribution in [0.2, 0.25) is 0 Å². The number of hydrogen-bond donors (Lipinski definition) is 0. The van der Waals surface area contributed by atoms with Crippen LogP contribution in [0.4, 0.5) is 0 Å². The van der Waals surface area contributed by atoms with E-state index < -0.39 is 9.84 Å². The minimum Gasteiger partial charge on any atom is -0.347 e. The smallest absolute Gasteiger partial charge is 0.170 e. The number of piperidine rings is 1. The van der Waals surface area contributed by atoms with E-state index in [-0.39, 0.29) is 11.8 Å². The van der Waals surface area contributed by atoms with Gasteiger partial charge in [0.25, 0.3) is 0 Å². The van der Waals surface area contributed by atoms with Gasteiger partial charge in [0.1, 0.15) is 0 Å². The zero-order chi connectivity index (χ0) is 11.9. The van der Waals surface area contributed by atoms with Crippen LogP contribution in [0.3, 0.4) is 0 Å². The average molecular weight is 261 g/mol. The minimum atomic E-state index is -2.78. The molecule has 0 amide bonds. The monoisotopic (exact) mass is 261 g/mol. The molecule has 1 atom stereocenters. The first-order valence-electron chi connectivity index (χ1n) is 6.31. The molecule has 6 heteroatoms. The summed E-state index contributed by atoms with van der Waals surface area (Å²) in [5.41, 5.74) is 0. The molecule has 3 rings (SSSR count). The van der Waals surface area contributed by atoms with Crippen molar-refractivity contribution in [1.29, 1.82) is 0 Å². The lowest BCUT2D eigenvalue weighted by molar-refractivity contribution is -0.187. The quantitative estimate of drug-likeness (QED) is 0.665. The number of sulfone groups is 1. The molecule has 1 spiro atoms. The summed E-state index contributed by atoms with van der Waals surface area (Å²) >= 11 is 0. The molecule has 0 bridgehead atoms. The van der Waals surface area contributed by atoms with Crippen LogP contribution in [0.1, 0.15) is 19.3 Å². The van der Waals surface area contributed by atoms with Crippen LogP contribution in [0.25, 0.3) is 0 Å². The Hall–Kier alpha value is -0.170. The highest BCUT2D eigenvalue weighted by Gasteiger charge is 2.42. The van der Waals surface area contributed by atoms with E-state index in [4.69, 9.17) is 9.47 Å². The summed E-state index contributed by atoms with van der Waals surface area (Å²) in [5.74, 6) is 0.335. The molecule has 3 fully saturated rings. The maximum Gasteiger partial charge on any atom is 0.170 e. The third-order valence-electron chi connectivity index (χ3n) is 4.10. The zero-order valence-electron chi connectivity index (χ0n) is 9.93. The van der Waals surface area contributed by atoms with Crippen molar-refractivity contribution in [2.75, 3.05) is 37.8 Å². The van der Waals surface area contributed by atoms with Crippen LogP contribution in [-0.4, -0.2) is 63.0 Å². The van der Waals surface area contributed by atoms with Crippen LogP contribution in [-0.2, 0) is 19.3 Å². The molecule has 3 aliphatic heterocycles. The van der Waals surface area contributed by atoms with Crippen molar-refractivity contribution in [3.63, 3.8) is 0 Å². The second-order valence-corrected chi connectivity index (χ2v) is 7.43. The topological polar surface area (TPSA) is 55.8 Å². The third-order valence-corrected chi connectivity index (χ3v) is 5.85. The van der Waals surface area contributed by atoms with E-state index in [2.05, 4.69) is 4.90 Å². The van der Waals surface area contributed by atoms with Gasteiger partial charge in [-0.2, -0.15) is 0 Å². The summed E-state index contributed by atoms with van der Waals surface area (Å²) < 4.78 is 34.2. The standard InChI is InChI=1S/C11H19NO4S/c13-17(14)8-1-10(9-17)12-4-2-11(3-5-12)15-6-7-16-11/h10H,1-9H2. The van der Waals surface area contributed by atoms with Gasteiger partial charge in [-0.15, -0.1) is 0 Å². The van der Waals surface area contributed by atoms with Gasteiger partial charge >= 0.3 is 0 Å². The van der Waals surface area contributed by atoms with Gasteiger partial charge in [-0.1, -0.05) is 0 Å². The van der Waals surface area contributed by atoms with Gasteiger partial charge in [-0.3, -0.25) is 4.90 Å². The minimum absolute atomic E-state index is 0.221. The molecule has 0 saturated carbocycles. The Morgan fingerprint density at radius 1 is 1.12 bits per heavy atom. The Morgan fingerprint density at radius 3 is 2.29 bits per heavy atom. The van der Waals surface area contributed by atoms with E-state index in [1.807, 2.05) is 0 Å². The number of rotatable bonds is 1. The molecule has 1 unspecified atom stereocenters. The maximum absolute atomic E-state index is 11.5. The fourth-order valence-electron chi connectivity index (χ4n) is 3.08. The van der Waals surface area contributed by atoms with Crippen molar-refractivity contribution in [2.45, 2.75) is 31.1 Å². The first-order valence-corrected chi connectivity index (χ1v) is 8.13. The molecule has 0 N–H and O–H groups in total. The van der Waals surface area contributed by atoms with E-state index in [0.29, 0.717) is 24.7 Å². The molecular formula is C11H19NO4S. The molecule has 17 heavy (non-hydrogen) atoms. The van der Waals surface area contributed by atoms with Crippen molar-refractivity contribution in [3.8, 4) is 0 Å². The lowest BCUT2D eigenvalue weighted by Crippen LogP contribution is -2.49. The Bertz CT molecular complexity index is 378. The molecule has 0 radical (unpaired) electrons. The van der Waals surface area contributed by atoms with E-state index in [1.165, 1.54) is 0 Å². The Balaban J connectivity index is 1.58. The van der Waals surface area contributed by atoms with E-state index in [0.717, 1.165) is 32.4 Å². The summed E-state index contributed by atoms with van der Waals surface area (Å²) in [6, 6.07) is 0.221. The Morgan fingerprint density at radius 2 is 1.76 bits per heavy atom. The van der Waals surface area contributed by atoms with Gasteiger partial charge in [-0.25, -0.2) is 8.42 Å². The summed E-state index contributed by atoms with van der Waals surface area (Å²) in [7, 11) is -2.78. The maximum atomic E-state index is 11.5. The summed E-state index contributed by atoms with van der Waals surface area (Å²) in [6.45, 7) is 3.16. The van der Waals surface area contributed by atoms with Crippen LogP contribution in [0.5, 0.6) is 0 Å². The van der Waals surface area contributed by atoms with Crippen LogP contribution in [0, 0.1) is 0 Å². The van der Waals surface area contributed by atoms with Gasteiger partial charge < -0.3 is 9.47 Å². The summed E-state index contributed by atoms with van der Waals surface area (Å²) in [4.78, 5) is 2.29.